The summed E-state index contributed by atoms with van der Waals surface area (Å²) in [6, 6.07) is 6.00. The van der Waals surface area contributed by atoms with Gasteiger partial charge in [-0.05, 0) is 24.1 Å². The molecule has 0 radical (unpaired) electrons. The topological polar surface area (TPSA) is 56.3 Å². The van der Waals surface area contributed by atoms with Crippen LogP contribution in [0.3, 0.4) is 0 Å². The first-order valence-corrected chi connectivity index (χ1v) is 6.78. The Balaban J connectivity index is 1.60. The number of fused-ring (bicyclic) bond motifs is 1. The molecule has 1 aromatic carbocycles. The van der Waals surface area contributed by atoms with Crippen LogP contribution in [0.4, 0.5) is 5.82 Å². The van der Waals surface area contributed by atoms with Gasteiger partial charge in [0.1, 0.15) is 30.4 Å². The number of nitrogens with one attached hydrogen (secondary N) is 1. The average molecular weight is 292 g/mol. The van der Waals surface area contributed by atoms with E-state index in [0.29, 0.717) is 24.1 Å². The molecule has 1 aromatic heterocycles. The Bertz CT molecular complexity index is 607. The molecule has 104 valence electrons. The zero-order valence-corrected chi connectivity index (χ0v) is 11.6. The lowest BCUT2D eigenvalue weighted by Gasteiger charge is -2.18. The Morgan fingerprint density at radius 2 is 2.05 bits per heavy atom. The van der Waals surface area contributed by atoms with Gasteiger partial charge in [0.25, 0.3) is 0 Å². The summed E-state index contributed by atoms with van der Waals surface area (Å²) in [6.07, 6.45) is 3.89. The maximum atomic E-state index is 5.98. The van der Waals surface area contributed by atoms with Crippen LogP contribution in [0, 0.1) is 0 Å². The van der Waals surface area contributed by atoms with Crippen LogP contribution in [0.5, 0.6) is 11.5 Å². The molecule has 5 nitrogen and oxygen atoms in total. The highest BCUT2D eigenvalue weighted by Crippen LogP contribution is 2.30. The van der Waals surface area contributed by atoms with Crippen molar-refractivity contribution in [2.75, 3.05) is 25.1 Å². The monoisotopic (exact) mass is 291 g/mol. The number of rotatable bonds is 4. The quantitative estimate of drug-likeness (QED) is 0.938. The summed E-state index contributed by atoms with van der Waals surface area (Å²) in [4.78, 5) is 7.93. The maximum absolute atomic E-state index is 5.98. The smallest absolute Gasteiger partial charge is 0.161 e. The molecular formula is C14H14ClN3O2. The van der Waals surface area contributed by atoms with Crippen LogP contribution in [0.25, 0.3) is 0 Å². The molecule has 0 aliphatic carbocycles. The Kier molecular flexibility index (Phi) is 3.87. The first-order valence-electron chi connectivity index (χ1n) is 6.41. The van der Waals surface area contributed by atoms with E-state index in [0.717, 1.165) is 24.5 Å². The van der Waals surface area contributed by atoms with Gasteiger partial charge in [0.15, 0.2) is 11.5 Å². The van der Waals surface area contributed by atoms with Crippen molar-refractivity contribution in [3.05, 3.63) is 41.3 Å². The molecule has 2 heterocycles. The molecule has 3 rings (SSSR count). The number of aromatic nitrogens is 2. The van der Waals surface area contributed by atoms with Crippen LogP contribution in [0.15, 0.2) is 30.7 Å². The maximum Gasteiger partial charge on any atom is 0.161 e. The van der Waals surface area contributed by atoms with Crippen molar-refractivity contribution in [1.29, 1.82) is 0 Å². The highest BCUT2D eigenvalue weighted by molar-refractivity contribution is 6.32. The van der Waals surface area contributed by atoms with E-state index in [-0.39, 0.29) is 0 Å². The molecule has 1 N–H and O–H groups in total. The fourth-order valence-electron chi connectivity index (χ4n) is 2.01. The summed E-state index contributed by atoms with van der Waals surface area (Å²) in [6.45, 7) is 1.95. The zero-order valence-electron chi connectivity index (χ0n) is 10.8. The van der Waals surface area contributed by atoms with Crippen molar-refractivity contribution in [3.8, 4) is 11.5 Å². The van der Waals surface area contributed by atoms with E-state index in [1.165, 1.54) is 11.9 Å². The van der Waals surface area contributed by atoms with Crippen molar-refractivity contribution in [1.82, 2.24) is 9.97 Å². The molecule has 0 bridgehead atoms. The molecule has 1 aliphatic heterocycles. The molecule has 1 aliphatic rings. The zero-order chi connectivity index (χ0) is 13.8. The first kappa shape index (κ1) is 13.0. The lowest BCUT2D eigenvalue weighted by molar-refractivity contribution is 0.171. The average Bonchev–Trinajstić information content (AvgIpc) is 2.49. The highest BCUT2D eigenvalue weighted by atomic mass is 35.5. The van der Waals surface area contributed by atoms with E-state index < -0.39 is 0 Å². The van der Waals surface area contributed by atoms with Crippen LogP contribution in [-0.2, 0) is 6.42 Å². The summed E-state index contributed by atoms with van der Waals surface area (Å²) in [7, 11) is 0. The fourth-order valence-corrected chi connectivity index (χ4v) is 2.18. The standard InChI is InChI=1S/C14H14ClN3O2/c15-11-8-16-9-18-14(11)17-4-3-10-1-2-12-13(7-10)20-6-5-19-12/h1-2,7-9H,3-6H2,(H,16,17,18). The van der Waals surface area contributed by atoms with Gasteiger partial charge in [0.05, 0.1) is 6.20 Å². The third kappa shape index (κ3) is 2.93. The summed E-state index contributed by atoms with van der Waals surface area (Å²) < 4.78 is 11.1. The van der Waals surface area contributed by atoms with E-state index in [1.54, 1.807) is 6.20 Å². The summed E-state index contributed by atoms with van der Waals surface area (Å²) >= 11 is 5.98. The normalized spacial score (nSPS) is 13.1. The van der Waals surface area contributed by atoms with Crippen molar-refractivity contribution in [2.24, 2.45) is 0 Å². The fraction of sp³-hybridized carbons (Fsp3) is 0.286. The van der Waals surface area contributed by atoms with Gasteiger partial charge in [0.2, 0.25) is 0 Å². The number of halogens is 1. The van der Waals surface area contributed by atoms with E-state index in [1.807, 2.05) is 18.2 Å². The molecule has 0 fully saturated rings. The van der Waals surface area contributed by atoms with Crippen molar-refractivity contribution < 1.29 is 9.47 Å². The Morgan fingerprint density at radius 3 is 2.90 bits per heavy atom. The molecule has 0 saturated heterocycles. The minimum atomic E-state index is 0.523. The Hall–Kier alpha value is -2.01. The van der Waals surface area contributed by atoms with E-state index in [4.69, 9.17) is 21.1 Å². The van der Waals surface area contributed by atoms with Gasteiger partial charge in [-0.2, -0.15) is 0 Å². The first-order chi connectivity index (χ1) is 9.83. The second-order valence-electron chi connectivity index (χ2n) is 4.37. The molecule has 0 atom stereocenters. The number of nitrogens with zero attached hydrogens (tertiary/aromatic N) is 2. The number of anilines is 1. The molecule has 0 unspecified atom stereocenters. The SMILES string of the molecule is Clc1cncnc1NCCc1ccc2c(c1)OCCO2. The second-order valence-corrected chi connectivity index (χ2v) is 4.78. The molecular weight excluding hydrogens is 278 g/mol. The Labute approximate surface area is 121 Å². The van der Waals surface area contributed by atoms with Gasteiger partial charge in [0, 0.05) is 6.54 Å². The number of hydrogen-bond acceptors (Lipinski definition) is 5. The molecule has 2 aromatic rings. The highest BCUT2D eigenvalue weighted by Gasteiger charge is 2.11. The number of hydrogen-bond donors (Lipinski definition) is 1. The second kappa shape index (κ2) is 5.96. The van der Waals surface area contributed by atoms with Crippen molar-refractivity contribution >= 4 is 17.4 Å². The van der Waals surface area contributed by atoms with Crippen LogP contribution in [0.1, 0.15) is 5.56 Å². The molecule has 0 saturated carbocycles. The lowest BCUT2D eigenvalue weighted by atomic mass is 10.1. The Morgan fingerprint density at radius 1 is 1.20 bits per heavy atom. The van der Waals surface area contributed by atoms with Crippen molar-refractivity contribution in [3.63, 3.8) is 0 Å². The molecule has 0 amide bonds. The van der Waals surface area contributed by atoms with E-state index >= 15 is 0 Å². The third-order valence-corrected chi connectivity index (χ3v) is 3.26. The number of benzene rings is 1. The predicted octanol–water partition coefficient (Wildman–Crippen LogP) is 2.56. The van der Waals surface area contributed by atoms with Crippen LogP contribution >= 0.6 is 11.6 Å². The number of ether oxygens (including phenoxy) is 2. The van der Waals surface area contributed by atoms with Crippen molar-refractivity contribution in [2.45, 2.75) is 6.42 Å². The lowest BCUT2D eigenvalue weighted by Crippen LogP contribution is -2.15. The van der Waals surface area contributed by atoms with Crippen LogP contribution in [0.2, 0.25) is 5.02 Å². The van der Waals surface area contributed by atoms with Gasteiger partial charge < -0.3 is 14.8 Å². The summed E-state index contributed by atoms with van der Waals surface area (Å²) in [5, 5.41) is 3.71. The summed E-state index contributed by atoms with van der Waals surface area (Å²) in [5.41, 5.74) is 1.17. The van der Waals surface area contributed by atoms with E-state index in [9.17, 15) is 0 Å². The predicted molar refractivity (Wildman–Crippen MR) is 76.7 cm³/mol. The van der Waals surface area contributed by atoms with Gasteiger partial charge >= 0.3 is 0 Å². The van der Waals surface area contributed by atoms with Gasteiger partial charge in [-0.3, -0.25) is 0 Å². The van der Waals surface area contributed by atoms with Gasteiger partial charge in [-0.25, -0.2) is 9.97 Å². The molecule has 20 heavy (non-hydrogen) atoms. The third-order valence-electron chi connectivity index (χ3n) is 2.98. The molecule has 0 spiro atoms. The van der Waals surface area contributed by atoms with Gasteiger partial charge in [-0.15, -0.1) is 0 Å². The summed E-state index contributed by atoms with van der Waals surface area (Å²) in [5.74, 6) is 2.28. The van der Waals surface area contributed by atoms with Crippen LogP contribution in [-0.4, -0.2) is 29.7 Å². The van der Waals surface area contributed by atoms with E-state index in [2.05, 4.69) is 15.3 Å². The minimum absolute atomic E-state index is 0.523. The largest absolute Gasteiger partial charge is 0.486 e. The minimum Gasteiger partial charge on any atom is -0.486 e. The van der Waals surface area contributed by atoms with Crippen LogP contribution < -0.4 is 14.8 Å². The molecule has 6 heteroatoms. The van der Waals surface area contributed by atoms with Gasteiger partial charge in [-0.1, -0.05) is 17.7 Å².